The molecule has 0 saturated carbocycles. The zero-order valence-electron chi connectivity index (χ0n) is 16.5. The molecule has 3 rings (SSSR count). The van der Waals surface area contributed by atoms with Crippen LogP contribution >= 0.6 is 0 Å². The molecule has 148 valence electrons. The van der Waals surface area contributed by atoms with Gasteiger partial charge in [0, 0.05) is 20.1 Å². The zero-order chi connectivity index (χ0) is 19.8. The Kier molecular flexibility index (Phi) is 7.03. The molecule has 3 aromatic rings. The van der Waals surface area contributed by atoms with Gasteiger partial charge in [-0.2, -0.15) is 0 Å². The molecular weight excluding hydrogens is 354 g/mol. The summed E-state index contributed by atoms with van der Waals surface area (Å²) in [7, 11) is 1.51. The molecular formula is C22H27N3O3. The van der Waals surface area contributed by atoms with Crippen molar-refractivity contribution in [2.24, 2.45) is 0 Å². The Morgan fingerprint density at radius 1 is 1.14 bits per heavy atom. The van der Waals surface area contributed by atoms with Gasteiger partial charge in [-0.05, 0) is 37.6 Å². The van der Waals surface area contributed by atoms with Gasteiger partial charge in [0.1, 0.15) is 24.8 Å². The van der Waals surface area contributed by atoms with E-state index in [-0.39, 0.29) is 12.5 Å². The summed E-state index contributed by atoms with van der Waals surface area (Å²) < 4.78 is 12.9. The highest BCUT2D eigenvalue weighted by molar-refractivity contribution is 5.77. The molecule has 0 bridgehead atoms. The number of ether oxygens (including phenoxy) is 2. The lowest BCUT2D eigenvalue weighted by atomic mass is 10.2. The second-order valence-corrected chi connectivity index (χ2v) is 6.72. The van der Waals surface area contributed by atoms with Crippen molar-refractivity contribution in [1.82, 2.24) is 14.9 Å². The number of fused-ring (bicyclic) bond motifs is 1. The average molecular weight is 381 g/mol. The fraction of sp³-hybridized carbons (Fsp3) is 0.364. The van der Waals surface area contributed by atoms with Gasteiger partial charge in [0.25, 0.3) is 0 Å². The van der Waals surface area contributed by atoms with E-state index in [1.165, 1.54) is 12.7 Å². The molecule has 1 heterocycles. The molecule has 0 radical (unpaired) electrons. The van der Waals surface area contributed by atoms with Gasteiger partial charge < -0.3 is 19.4 Å². The minimum atomic E-state index is -0.0949. The second-order valence-electron chi connectivity index (χ2n) is 6.72. The number of rotatable bonds is 10. The summed E-state index contributed by atoms with van der Waals surface area (Å²) in [5.74, 6) is 1.79. The number of nitrogens with zero attached hydrogens (tertiary/aromatic N) is 2. The average Bonchev–Trinajstić information content (AvgIpc) is 3.05. The highest BCUT2D eigenvalue weighted by Crippen LogP contribution is 2.18. The number of benzene rings is 2. The van der Waals surface area contributed by atoms with Crippen LogP contribution in [0, 0.1) is 6.92 Å². The van der Waals surface area contributed by atoms with Gasteiger partial charge in [-0.3, -0.25) is 4.79 Å². The minimum absolute atomic E-state index is 0.0921. The van der Waals surface area contributed by atoms with Crippen LogP contribution in [0.4, 0.5) is 0 Å². The molecule has 0 aliphatic heterocycles. The fourth-order valence-electron chi connectivity index (χ4n) is 3.11. The van der Waals surface area contributed by atoms with Crippen LogP contribution in [0.5, 0.6) is 5.75 Å². The minimum Gasteiger partial charge on any atom is -0.492 e. The van der Waals surface area contributed by atoms with Crippen LogP contribution in [-0.4, -0.2) is 42.3 Å². The molecule has 1 amide bonds. The first-order chi connectivity index (χ1) is 13.7. The number of carbonyl (C=O) groups is 1. The highest BCUT2D eigenvalue weighted by atomic mass is 16.5. The smallest absolute Gasteiger partial charge is 0.245 e. The quantitative estimate of drug-likeness (QED) is 0.548. The zero-order valence-corrected chi connectivity index (χ0v) is 16.5. The number of hydrogen-bond donors (Lipinski definition) is 1. The molecule has 0 spiro atoms. The van der Waals surface area contributed by atoms with Crippen LogP contribution in [-0.2, 0) is 22.5 Å². The Morgan fingerprint density at radius 2 is 1.93 bits per heavy atom. The fourth-order valence-corrected chi connectivity index (χ4v) is 3.11. The highest BCUT2D eigenvalue weighted by Gasteiger charge is 2.10. The van der Waals surface area contributed by atoms with E-state index in [4.69, 9.17) is 14.5 Å². The van der Waals surface area contributed by atoms with E-state index in [1.54, 1.807) is 0 Å². The number of aryl methyl sites for hydroxylation is 2. The maximum absolute atomic E-state index is 11.5. The number of nitrogens with one attached hydrogen (secondary N) is 1. The summed E-state index contributed by atoms with van der Waals surface area (Å²) in [5.41, 5.74) is 3.30. The maximum atomic E-state index is 11.5. The summed E-state index contributed by atoms with van der Waals surface area (Å²) in [5, 5.41) is 2.85. The van der Waals surface area contributed by atoms with Crippen LogP contribution < -0.4 is 10.1 Å². The predicted octanol–water partition coefficient (Wildman–Crippen LogP) is 3.12. The van der Waals surface area contributed by atoms with Gasteiger partial charge in [-0.25, -0.2) is 4.98 Å². The van der Waals surface area contributed by atoms with Gasteiger partial charge in [-0.15, -0.1) is 0 Å². The van der Waals surface area contributed by atoms with Gasteiger partial charge in [0.2, 0.25) is 5.91 Å². The molecule has 0 aliphatic carbocycles. The summed E-state index contributed by atoms with van der Waals surface area (Å²) >= 11 is 0. The first-order valence-corrected chi connectivity index (χ1v) is 9.56. The SMILES string of the molecule is COCC(=O)NCCCc1nc2ccccc2n1CCOc1ccc(C)cc1. The van der Waals surface area contributed by atoms with E-state index in [9.17, 15) is 4.79 Å². The molecule has 0 fully saturated rings. The molecule has 0 aliphatic rings. The molecule has 1 aromatic heterocycles. The van der Waals surface area contributed by atoms with Crippen LogP contribution in [0.3, 0.4) is 0 Å². The third-order valence-corrected chi connectivity index (χ3v) is 4.51. The number of amides is 1. The first kappa shape index (κ1) is 19.9. The molecule has 1 N–H and O–H groups in total. The second kappa shape index (κ2) is 9.90. The molecule has 6 nitrogen and oxygen atoms in total. The maximum Gasteiger partial charge on any atom is 0.245 e. The normalized spacial score (nSPS) is 10.9. The van der Waals surface area contributed by atoms with Crippen molar-refractivity contribution < 1.29 is 14.3 Å². The van der Waals surface area contributed by atoms with Crippen molar-refractivity contribution in [2.75, 3.05) is 26.9 Å². The van der Waals surface area contributed by atoms with Crippen molar-refractivity contribution in [3.63, 3.8) is 0 Å². The van der Waals surface area contributed by atoms with Crippen LogP contribution in [0.15, 0.2) is 48.5 Å². The molecule has 2 aromatic carbocycles. The van der Waals surface area contributed by atoms with Crippen LogP contribution in [0.1, 0.15) is 17.8 Å². The monoisotopic (exact) mass is 381 g/mol. The topological polar surface area (TPSA) is 65.4 Å². The number of carbonyl (C=O) groups excluding carboxylic acids is 1. The number of hydrogen-bond acceptors (Lipinski definition) is 4. The van der Waals surface area contributed by atoms with Crippen molar-refractivity contribution in [2.45, 2.75) is 26.3 Å². The number of methoxy groups -OCH3 is 1. The van der Waals surface area contributed by atoms with E-state index >= 15 is 0 Å². The van der Waals surface area contributed by atoms with Gasteiger partial charge in [0.15, 0.2) is 0 Å². The van der Waals surface area contributed by atoms with Crippen molar-refractivity contribution in [3.05, 3.63) is 59.9 Å². The Labute approximate surface area is 165 Å². The summed E-state index contributed by atoms with van der Waals surface area (Å²) in [6.45, 7) is 4.05. The predicted molar refractivity (Wildman–Crippen MR) is 110 cm³/mol. The number of para-hydroxylation sites is 2. The third-order valence-electron chi connectivity index (χ3n) is 4.51. The third kappa shape index (κ3) is 5.33. The van der Waals surface area contributed by atoms with E-state index < -0.39 is 0 Å². The lowest BCUT2D eigenvalue weighted by molar-refractivity contribution is -0.124. The Morgan fingerprint density at radius 3 is 2.71 bits per heavy atom. The summed E-state index contributed by atoms with van der Waals surface area (Å²) in [6.07, 6.45) is 1.60. The summed E-state index contributed by atoms with van der Waals surface area (Å²) in [4.78, 5) is 16.3. The first-order valence-electron chi connectivity index (χ1n) is 9.56. The largest absolute Gasteiger partial charge is 0.492 e. The van der Waals surface area contributed by atoms with Crippen molar-refractivity contribution in [1.29, 1.82) is 0 Å². The lowest BCUT2D eigenvalue weighted by Crippen LogP contribution is -2.28. The Bertz CT molecular complexity index is 903. The van der Waals surface area contributed by atoms with Gasteiger partial charge in [0.05, 0.1) is 17.6 Å². The van der Waals surface area contributed by atoms with E-state index in [0.717, 1.165) is 42.0 Å². The van der Waals surface area contributed by atoms with E-state index in [1.807, 2.05) is 42.5 Å². The lowest BCUT2D eigenvalue weighted by Gasteiger charge is -2.11. The van der Waals surface area contributed by atoms with Crippen LogP contribution in [0.2, 0.25) is 0 Å². The molecule has 0 saturated heterocycles. The summed E-state index contributed by atoms with van der Waals surface area (Å²) in [6, 6.07) is 16.2. The Balaban J connectivity index is 1.61. The van der Waals surface area contributed by atoms with E-state index in [2.05, 4.69) is 22.9 Å². The number of imidazole rings is 1. The molecule has 0 atom stereocenters. The number of aromatic nitrogens is 2. The van der Waals surface area contributed by atoms with Crippen LogP contribution in [0.25, 0.3) is 11.0 Å². The Hall–Kier alpha value is -2.86. The van der Waals surface area contributed by atoms with Gasteiger partial charge in [-0.1, -0.05) is 29.8 Å². The van der Waals surface area contributed by atoms with E-state index in [0.29, 0.717) is 13.2 Å². The van der Waals surface area contributed by atoms with Gasteiger partial charge >= 0.3 is 0 Å². The molecule has 6 heteroatoms. The molecule has 0 unspecified atom stereocenters. The molecule has 28 heavy (non-hydrogen) atoms. The van der Waals surface area contributed by atoms with Crippen molar-refractivity contribution >= 4 is 16.9 Å². The van der Waals surface area contributed by atoms with Crippen molar-refractivity contribution in [3.8, 4) is 5.75 Å². The standard InChI is InChI=1S/C22H27N3O3/c1-17-9-11-18(12-10-17)28-15-14-25-20-7-4-3-6-19(20)24-21(25)8-5-13-23-22(26)16-27-2/h3-4,6-7,9-12H,5,8,13-16H2,1-2H3,(H,23,26).